The van der Waals surface area contributed by atoms with E-state index in [4.69, 9.17) is 4.74 Å². The van der Waals surface area contributed by atoms with Crippen LogP contribution < -0.4 is 4.90 Å². The Bertz CT molecular complexity index is 536. The molecule has 4 rings (SSSR count). The number of para-hydroxylation sites is 1. The zero-order valence-corrected chi connectivity index (χ0v) is 9.52. The highest BCUT2D eigenvalue weighted by atomic mass is 16.5. The molecule has 2 amide bonds. The molecule has 2 fully saturated rings. The van der Waals surface area contributed by atoms with E-state index in [0.29, 0.717) is 5.69 Å². The molecule has 3 aliphatic heterocycles. The summed E-state index contributed by atoms with van der Waals surface area (Å²) in [4.78, 5) is 26.1. The maximum absolute atomic E-state index is 12.4. The number of ether oxygens (including phenoxy) is 1. The van der Waals surface area contributed by atoms with Crippen LogP contribution in [0.25, 0.3) is 0 Å². The van der Waals surface area contributed by atoms with Crippen LogP contribution in [-0.4, -0.2) is 24.0 Å². The first-order valence-corrected chi connectivity index (χ1v) is 6.04. The highest BCUT2D eigenvalue weighted by Gasteiger charge is 2.60. The lowest BCUT2D eigenvalue weighted by Gasteiger charge is -2.17. The number of carbonyl (C=O) groups excluding carboxylic acids is 2. The molecule has 0 aromatic heterocycles. The van der Waals surface area contributed by atoms with Crippen LogP contribution in [0.1, 0.15) is 0 Å². The Kier molecular flexibility index (Phi) is 1.84. The second-order valence-electron chi connectivity index (χ2n) is 4.85. The summed E-state index contributed by atoms with van der Waals surface area (Å²) < 4.78 is 5.58. The molecule has 0 spiro atoms. The largest absolute Gasteiger partial charge is 0.365 e. The van der Waals surface area contributed by atoms with Crippen LogP contribution in [0.2, 0.25) is 0 Å². The number of fused-ring (bicyclic) bond motifs is 5. The fourth-order valence-corrected chi connectivity index (χ4v) is 3.14. The van der Waals surface area contributed by atoms with Crippen LogP contribution in [0.4, 0.5) is 5.69 Å². The Labute approximate surface area is 104 Å². The molecule has 1 aromatic rings. The van der Waals surface area contributed by atoms with Gasteiger partial charge in [-0.25, -0.2) is 4.90 Å². The monoisotopic (exact) mass is 241 g/mol. The van der Waals surface area contributed by atoms with Crippen LogP contribution in [0.5, 0.6) is 0 Å². The van der Waals surface area contributed by atoms with Gasteiger partial charge in [-0.05, 0) is 12.1 Å². The van der Waals surface area contributed by atoms with Crippen molar-refractivity contribution < 1.29 is 14.3 Å². The van der Waals surface area contributed by atoms with E-state index in [9.17, 15) is 9.59 Å². The molecule has 1 aromatic carbocycles. The lowest BCUT2D eigenvalue weighted by atomic mass is 9.85. The molecule has 3 aliphatic rings. The Morgan fingerprint density at radius 1 is 0.889 bits per heavy atom. The Morgan fingerprint density at radius 2 is 1.44 bits per heavy atom. The lowest BCUT2D eigenvalue weighted by Crippen LogP contribution is -2.34. The van der Waals surface area contributed by atoms with Crippen molar-refractivity contribution in [1.82, 2.24) is 0 Å². The SMILES string of the molecule is O=C1C2C(C(=O)N1c1ccccc1)[C@H]1C=C[C@@H]2O1. The van der Waals surface area contributed by atoms with Gasteiger partial charge in [0.05, 0.1) is 29.7 Å². The van der Waals surface area contributed by atoms with Crippen LogP contribution in [0, 0.1) is 11.8 Å². The Hall–Kier alpha value is -1.94. The lowest BCUT2D eigenvalue weighted by molar-refractivity contribution is -0.124. The number of amides is 2. The van der Waals surface area contributed by atoms with Gasteiger partial charge in [0.15, 0.2) is 0 Å². The number of nitrogens with zero attached hydrogens (tertiary/aromatic N) is 1. The highest BCUT2D eigenvalue weighted by molar-refractivity contribution is 6.23. The molecule has 4 atom stereocenters. The van der Waals surface area contributed by atoms with Gasteiger partial charge in [0, 0.05) is 0 Å². The van der Waals surface area contributed by atoms with Gasteiger partial charge in [-0.2, -0.15) is 0 Å². The van der Waals surface area contributed by atoms with E-state index in [2.05, 4.69) is 0 Å². The summed E-state index contributed by atoms with van der Waals surface area (Å²) >= 11 is 0. The molecular weight excluding hydrogens is 230 g/mol. The second-order valence-corrected chi connectivity index (χ2v) is 4.85. The number of rotatable bonds is 1. The molecule has 2 unspecified atom stereocenters. The summed E-state index contributed by atoms with van der Waals surface area (Å²) in [5, 5.41) is 0. The topological polar surface area (TPSA) is 46.6 Å². The van der Waals surface area contributed by atoms with Crippen LogP contribution in [0.3, 0.4) is 0 Å². The van der Waals surface area contributed by atoms with Crippen molar-refractivity contribution in [3.63, 3.8) is 0 Å². The van der Waals surface area contributed by atoms with Crippen molar-refractivity contribution in [3.8, 4) is 0 Å². The van der Waals surface area contributed by atoms with Crippen LogP contribution >= 0.6 is 0 Å². The van der Waals surface area contributed by atoms with E-state index in [1.807, 2.05) is 30.4 Å². The summed E-state index contributed by atoms with van der Waals surface area (Å²) in [6.45, 7) is 0. The molecule has 2 saturated heterocycles. The first kappa shape index (κ1) is 10.0. The molecule has 4 nitrogen and oxygen atoms in total. The summed E-state index contributed by atoms with van der Waals surface area (Å²) in [6.07, 6.45) is 3.35. The summed E-state index contributed by atoms with van der Waals surface area (Å²) in [7, 11) is 0. The molecule has 4 heteroatoms. The highest BCUT2D eigenvalue weighted by Crippen LogP contribution is 2.46. The molecule has 0 radical (unpaired) electrons. The number of carbonyl (C=O) groups is 2. The summed E-state index contributed by atoms with van der Waals surface area (Å²) in [5.41, 5.74) is 0.654. The third-order valence-corrected chi connectivity index (χ3v) is 3.92. The van der Waals surface area contributed by atoms with Crippen molar-refractivity contribution in [3.05, 3.63) is 42.5 Å². The maximum Gasteiger partial charge on any atom is 0.240 e. The third-order valence-electron chi connectivity index (χ3n) is 3.92. The summed E-state index contributed by atoms with van der Waals surface area (Å²) in [5.74, 6) is -0.915. The van der Waals surface area contributed by atoms with Crippen LogP contribution in [-0.2, 0) is 14.3 Å². The van der Waals surface area contributed by atoms with Gasteiger partial charge in [-0.1, -0.05) is 30.4 Å². The van der Waals surface area contributed by atoms with E-state index in [1.54, 1.807) is 12.1 Å². The van der Waals surface area contributed by atoms with Gasteiger partial charge < -0.3 is 4.74 Å². The van der Waals surface area contributed by atoms with Gasteiger partial charge in [0.1, 0.15) is 0 Å². The van der Waals surface area contributed by atoms with E-state index < -0.39 is 0 Å². The fraction of sp³-hybridized carbons (Fsp3) is 0.286. The van der Waals surface area contributed by atoms with Gasteiger partial charge in [0.25, 0.3) is 0 Å². The first-order chi connectivity index (χ1) is 8.77. The third kappa shape index (κ3) is 1.08. The Morgan fingerprint density at radius 3 is 2.00 bits per heavy atom. The fourth-order valence-electron chi connectivity index (χ4n) is 3.14. The van der Waals surface area contributed by atoms with E-state index in [0.717, 1.165) is 0 Å². The predicted octanol–water partition coefficient (Wildman–Crippen LogP) is 1.13. The van der Waals surface area contributed by atoms with Crippen molar-refractivity contribution in [2.75, 3.05) is 4.90 Å². The van der Waals surface area contributed by atoms with Gasteiger partial charge in [0.2, 0.25) is 11.8 Å². The number of imide groups is 1. The van der Waals surface area contributed by atoms with E-state index >= 15 is 0 Å². The van der Waals surface area contributed by atoms with Gasteiger partial charge in [-0.3, -0.25) is 9.59 Å². The molecule has 3 heterocycles. The molecule has 18 heavy (non-hydrogen) atoms. The Balaban J connectivity index is 1.77. The van der Waals surface area contributed by atoms with Crippen molar-refractivity contribution >= 4 is 17.5 Å². The number of hydrogen-bond acceptors (Lipinski definition) is 3. The molecule has 0 N–H and O–H groups in total. The van der Waals surface area contributed by atoms with Crippen LogP contribution in [0.15, 0.2) is 42.5 Å². The molecule has 0 aliphatic carbocycles. The maximum atomic E-state index is 12.4. The van der Waals surface area contributed by atoms with Crippen molar-refractivity contribution in [1.29, 1.82) is 0 Å². The van der Waals surface area contributed by atoms with Gasteiger partial charge in [-0.15, -0.1) is 0 Å². The molecule has 2 bridgehead atoms. The van der Waals surface area contributed by atoms with E-state index in [-0.39, 0.29) is 35.9 Å². The zero-order chi connectivity index (χ0) is 12.3. The standard InChI is InChI=1S/C14H11NO3/c16-13-11-9-6-7-10(18-9)12(11)14(17)15(13)8-4-2-1-3-5-8/h1-7,9-12H/t9-,10+,11?,12?. The molecule has 0 saturated carbocycles. The normalized spacial score (nSPS) is 36.6. The zero-order valence-electron chi connectivity index (χ0n) is 9.52. The minimum Gasteiger partial charge on any atom is -0.365 e. The minimum absolute atomic E-state index is 0.131. The summed E-state index contributed by atoms with van der Waals surface area (Å²) in [6, 6.07) is 9.09. The number of benzene rings is 1. The average Bonchev–Trinajstić information content (AvgIpc) is 3.05. The average molecular weight is 241 g/mol. The number of anilines is 1. The predicted molar refractivity (Wildman–Crippen MR) is 63.7 cm³/mol. The quantitative estimate of drug-likeness (QED) is 0.547. The van der Waals surface area contributed by atoms with E-state index in [1.165, 1.54) is 4.90 Å². The second kappa shape index (κ2) is 3.29. The minimum atomic E-state index is -0.326. The number of hydrogen-bond donors (Lipinski definition) is 0. The van der Waals surface area contributed by atoms with Gasteiger partial charge >= 0.3 is 0 Å². The molecular formula is C14H11NO3. The first-order valence-electron chi connectivity index (χ1n) is 6.04. The smallest absolute Gasteiger partial charge is 0.240 e. The van der Waals surface area contributed by atoms with Crippen molar-refractivity contribution in [2.24, 2.45) is 11.8 Å². The van der Waals surface area contributed by atoms with Crippen molar-refractivity contribution in [2.45, 2.75) is 12.2 Å². The molecule has 90 valence electrons.